The van der Waals surface area contributed by atoms with Crippen LogP contribution in [0.4, 0.5) is 10.1 Å². The van der Waals surface area contributed by atoms with Crippen molar-refractivity contribution in [3.05, 3.63) is 36.2 Å². The Morgan fingerprint density at radius 1 is 1.44 bits per heavy atom. The summed E-state index contributed by atoms with van der Waals surface area (Å²) in [5, 5.41) is 4.14. The van der Waals surface area contributed by atoms with Crippen LogP contribution in [0.5, 0.6) is 0 Å². The first-order valence-electron chi connectivity index (χ1n) is 5.64. The number of anilines is 1. The van der Waals surface area contributed by atoms with Gasteiger partial charge in [-0.15, -0.1) is 11.8 Å². The second-order valence-corrected chi connectivity index (χ2v) is 5.21. The molecule has 96 valence electrons. The molecule has 0 unspecified atom stereocenters. The van der Waals surface area contributed by atoms with Crippen LogP contribution in [0.1, 0.15) is 25.7 Å². The third-order valence-corrected chi connectivity index (χ3v) is 3.49. The van der Waals surface area contributed by atoms with Crippen LogP contribution in [0.15, 0.2) is 29.4 Å². The lowest BCUT2D eigenvalue weighted by molar-refractivity contribution is 0.514. The summed E-state index contributed by atoms with van der Waals surface area (Å²) < 4.78 is 15.4. The fourth-order valence-electron chi connectivity index (χ4n) is 1.59. The largest absolute Gasteiger partial charge is 0.399 e. The van der Waals surface area contributed by atoms with Gasteiger partial charge in [0.25, 0.3) is 0 Å². The third kappa shape index (κ3) is 2.81. The summed E-state index contributed by atoms with van der Waals surface area (Å²) in [5.74, 6) is 1.13. The first-order valence-corrected chi connectivity index (χ1v) is 6.62. The zero-order chi connectivity index (χ0) is 13.1. The van der Waals surface area contributed by atoms with Crippen LogP contribution in [-0.4, -0.2) is 14.8 Å². The zero-order valence-electron chi connectivity index (χ0n) is 10.3. The molecule has 0 aliphatic carbocycles. The molecule has 1 aromatic heterocycles. The van der Waals surface area contributed by atoms with Gasteiger partial charge in [0.05, 0.1) is 5.75 Å². The predicted octanol–water partition coefficient (Wildman–Crippen LogP) is 2.87. The average Bonchev–Trinajstić information content (AvgIpc) is 2.76. The molecule has 0 aliphatic rings. The summed E-state index contributed by atoms with van der Waals surface area (Å²) in [6.45, 7) is 4.07. The van der Waals surface area contributed by atoms with Gasteiger partial charge in [-0.05, 0) is 32.0 Å². The molecule has 0 atom stereocenters. The molecule has 0 aliphatic heterocycles. The number of hydrogen-bond acceptors (Lipinski definition) is 4. The topological polar surface area (TPSA) is 56.7 Å². The van der Waals surface area contributed by atoms with Crippen molar-refractivity contribution in [2.75, 3.05) is 5.73 Å². The van der Waals surface area contributed by atoms with E-state index in [-0.39, 0.29) is 11.9 Å². The molecular weight excluding hydrogens is 251 g/mol. The smallest absolute Gasteiger partial charge is 0.138 e. The monoisotopic (exact) mass is 266 g/mol. The second-order valence-electron chi connectivity index (χ2n) is 4.19. The summed E-state index contributed by atoms with van der Waals surface area (Å²) in [4.78, 5) is 4.76. The van der Waals surface area contributed by atoms with Crippen molar-refractivity contribution >= 4 is 17.4 Å². The van der Waals surface area contributed by atoms with Crippen molar-refractivity contribution in [3.63, 3.8) is 0 Å². The fourth-order valence-corrected chi connectivity index (χ4v) is 2.44. The maximum Gasteiger partial charge on any atom is 0.138 e. The number of benzene rings is 1. The van der Waals surface area contributed by atoms with Crippen molar-refractivity contribution in [3.8, 4) is 0 Å². The number of nitrogen functional groups attached to an aromatic ring is 1. The van der Waals surface area contributed by atoms with Crippen molar-refractivity contribution in [2.24, 2.45) is 0 Å². The highest BCUT2D eigenvalue weighted by molar-refractivity contribution is 7.98. The summed E-state index contributed by atoms with van der Waals surface area (Å²) >= 11 is 1.39. The van der Waals surface area contributed by atoms with Gasteiger partial charge >= 0.3 is 0 Å². The summed E-state index contributed by atoms with van der Waals surface area (Å²) in [5.41, 5.74) is 5.94. The Labute approximate surface area is 109 Å². The number of aromatic nitrogens is 3. The number of rotatable bonds is 4. The van der Waals surface area contributed by atoms with Crippen molar-refractivity contribution in [1.82, 2.24) is 14.8 Å². The SMILES string of the molecule is CC(C)n1ncnc1CSc1ccc(N)cc1F. The van der Waals surface area contributed by atoms with Crippen molar-refractivity contribution < 1.29 is 4.39 Å². The highest BCUT2D eigenvalue weighted by Gasteiger charge is 2.09. The lowest BCUT2D eigenvalue weighted by Crippen LogP contribution is -2.07. The molecule has 6 heteroatoms. The number of halogens is 1. The number of nitrogens with zero attached hydrogens (tertiary/aromatic N) is 3. The highest BCUT2D eigenvalue weighted by atomic mass is 32.2. The Morgan fingerprint density at radius 2 is 2.22 bits per heavy atom. The number of hydrogen-bond donors (Lipinski definition) is 1. The number of nitrogens with two attached hydrogens (primary N) is 1. The Balaban J connectivity index is 2.09. The molecule has 2 rings (SSSR count). The molecule has 0 radical (unpaired) electrons. The summed E-state index contributed by atoms with van der Waals surface area (Å²) in [6.07, 6.45) is 1.52. The van der Waals surface area contributed by atoms with Crippen LogP contribution in [0.2, 0.25) is 0 Å². The molecule has 0 saturated carbocycles. The van der Waals surface area contributed by atoms with E-state index in [9.17, 15) is 4.39 Å². The molecule has 0 bridgehead atoms. The molecule has 4 nitrogen and oxygen atoms in total. The van der Waals surface area contributed by atoms with E-state index in [2.05, 4.69) is 10.1 Å². The maximum absolute atomic E-state index is 13.6. The van der Waals surface area contributed by atoms with E-state index in [1.165, 1.54) is 24.2 Å². The van der Waals surface area contributed by atoms with Gasteiger partial charge < -0.3 is 5.73 Å². The lowest BCUT2D eigenvalue weighted by Gasteiger charge is -2.09. The van der Waals surface area contributed by atoms with E-state index in [1.807, 2.05) is 18.5 Å². The van der Waals surface area contributed by atoms with Gasteiger partial charge in [-0.3, -0.25) is 0 Å². The average molecular weight is 266 g/mol. The van der Waals surface area contributed by atoms with Crippen LogP contribution in [0.3, 0.4) is 0 Å². The third-order valence-electron chi connectivity index (χ3n) is 2.45. The first kappa shape index (κ1) is 12.9. The number of thioether (sulfide) groups is 1. The standard InChI is InChI=1S/C12H15FN4S/c1-8(2)17-12(15-7-16-17)6-18-11-4-3-9(14)5-10(11)13/h3-5,7-8H,6,14H2,1-2H3. The Kier molecular flexibility index (Phi) is 3.86. The molecule has 2 aromatic rings. The molecule has 0 fully saturated rings. The molecule has 18 heavy (non-hydrogen) atoms. The van der Waals surface area contributed by atoms with E-state index in [1.54, 1.807) is 12.1 Å². The molecular formula is C12H15FN4S. The maximum atomic E-state index is 13.6. The first-order chi connectivity index (χ1) is 8.58. The van der Waals surface area contributed by atoms with E-state index >= 15 is 0 Å². The highest BCUT2D eigenvalue weighted by Crippen LogP contribution is 2.26. The van der Waals surface area contributed by atoms with Gasteiger partial charge in [0.1, 0.15) is 18.0 Å². The molecule has 1 heterocycles. The van der Waals surface area contributed by atoms with Gasteiger partial charge in [-0.1, -0.05) is 0 Å². The van der Waals surface area contributed by atoms with Crippen LogP contribution < -0.4 is 5.73 Å². The van der Waals surface area contributed by atoms with Crippen molar-refractivity contribution in [1.29, 1.82) is 0 Å². The van der Waals surface area contributed by atoms with E-state index in [0.717, 1.165) is 5.82 Å². The minimum Gasteiger partial charge on any atom is -0.399 e. The van der Waals surface area contributed by atoms with Crippen molar-refractivity contribution in [2.45, 2.75) is 30.5 Å². The van der Waals surface area contributed by atoms with E-state index < -0.39 is 0 Å². The molecule has 0 saturated heterocycles. The van der Waals surface area contributed by atoms with Gasteiger partial charge in [0.2, 0.25) is 0 Å². The van der Waals surface area contributed by atoms with Crippen LogP contribution in [0.25, 0.3) is 0 Å². The molecule has 2 N–H and O–H groups in total. The Bertz CT molecular complexity index is 539. The quantitative estimate of drug-likeness (QED) is 0.683. The van der Waals surface area contributed by atoms with Crippen LogP contribution in [0, 0.1) is 5.82 Å². The van der Waals surface area contributed by atoms with E-state index in [0.29, 0.717) is 16.3 Å². The molecule has 0 amide bonds. The van der Waals surface area contributed by atoms with Gasteiger partial charge in [0, 0.05) is 16.6 Å². The Hall–Kier alpha value is -1.56. The van der Waals surface area contributed by atoms with Gasteiger partial charge in [-0.2, -0.15) is 5.10 Å². The van der Waals surface area contributed by atoms with Crippen LogP contribution in [-0.2, 0) is 5.75 Å². The fraction of sp³-hybridized carbons (Fsp3) is 0.333. The predicted molar refractivity (Wildman–Crippen MR) is 70.8 cm³/mol. The minimum absolute atomic E-state index is 0.249. The zero-order valence-corrected chi connectivity index (χ0v) is 11.1. The van der Waals surface area contributed by atoms with E-state index in [4.69, 9.17) is 5.73 Å². The van der Waals surface area contributed by atoms with Crippen LogP contribution >= 0.6 is 11.8 Å². The van der Waals surface area contributed by atoms with Gasteiger partial charge in [0.15, 0.2) is 0 Å². The summed E-state index contributed by atoms with van der Waals surface area (Å²) in [7, 11) is 0. The Morgan fingerprint density at radius 3 is 2.89 bits per heavy atom. The normalized spacial score (nSPS) is 11.1. The lowest BCUT2D eigenvalue weighted by atomic mass is 10.3. The summed E-state index contributed by atoms with van der Waals surface area (Å²) in [6, 6.07) is 4.96. The minimum atomic E-state index is -0.296. The van der Waals surface area contributed by atoms with Gasteiger partial charge in [-0.25, -0.2) is 14.1 Å². The molecule has 0 spiro atoms. The second kappa shape index (κ2) is 5.39. The molecule has 1 aromatic carbocycles.